The van der Waals surface area contributed by atoms with Crippen LogP contribution in [0.25, 0.3) is 0 Å². The number of rotatable bonds is 7. The van der Waals surface area contributed by atoms with E-state index >= 15 is 0 Å². The summed E-state index contributed by atoms with van der Waals surface area (Å²) < 4.78 is 10.8. The standard InChI is InChI=1S/C15H16ClNO4/c1-2-7-20-13-5-3-10(16)8-12(13)17-9-11-4-6-14(21-11)15(18)19/h3-6,8,17H,2,7,9H2,1H3,(H,18,19). The molecule has 21 heavy (non-hydrogen) atoms. The first-order chi connectivity index (χ1) is 10.1. The zero-order chi connectivity index (χ0) is 15.2. The van der Waals surface area contributed by atoms with Crippen molar-refractivity contribution in [1.82, 2.24) is 0 Å². The Balaban J connectivity index is 2.07. The Hall–Kier alpha value is -2.14. The molecule has 0 radical (unpaired) electrons. The lowest BCUT2D eigenvalue weighted by molar-refractivity contribution is 0.0660. The van der Waals surface area contributed by atoms with Gasteiger partial charge in [0.05, 0.1) is 18.8 Å². The van der Waals surface area contributed by atoms with Crippen molar-refractivity contribution in [1.29, 1.82) is 0 Å². The maximum Gasteiger partial charge on any atom is 0.371 e. The number of anilines is 1. The normalized spacial score (nSPS) is 10.4. The van der Waals surface area contributed by atoms with Crippen LogP contribution in [0.5, 0.6) is 5.75 Å². The molecule has 2 N–H and O–H groups in total. The molecule has 1 aromatic carbocycles. The van der Waals surface area contributed by atoms with Crippen molar-refractivity contribution < 1.29 is 19.1 Å². The summed E-state index contributed by atoms with van der Waals surface area (Å²) in [5.41, 5.74) is 0.740. The Kier molecular flexibility index (Phi) is 5.11. The smallest absolute Gasteiger partial charge is 0.371 e. The summed E-state index contributed by atoms with van der Waals surface area (Å²) >= 11 is 5.98. The predicted molar refractivity (Wildman–Crippen MR) is 80.2 cm³/mol. The summed E-state index contributed by atoms with van der Waals surface area (Å²) in [6.07, 6.45) is 0.905. The van der Waals surface area contributed by atoms with Crippen molar-refractivity contribution in [2.24, 2.45) is 0 Å². The average molecular weight is 310 g/mol. The maximum atomic E-state index is 10.8. The average Bonchev–Trinajstić information content (AvgIpc) is 2.93. The molecule has 112 valence electrons. The predicted octanol–water partition coefficient (Wildman–Crippen LogP) is 4.03. The van der Waals surface area contributed by atoms with E-state index in [9.17, 15) is 4.79 Å². The van der Waals surface area contributed by atoms with E-state index in [1.54, 1.807) is 24.3 Å². The van der Waals surface area contributed by atoms with E-state index in [0.29, 0.717) is 29.7 Å². The lowest BCUT2D eigenvalue weighted by Crippen LogP contribution is -2.03. The van der Waals surface area contributed by atoms with Crippen molar-refractivity contribution >= 4 is 23.3 Å². The molecule has 0 aliphatic rings. The zero-order valence-corrected chi connectivity index (χ0v) is 12.3. The summed E-state index contributed by atoms with van der Waals surface area (Å²) in [5.74, 6) is 0.0522. The second-order valence-corrected chi connectivity index (χ2v) is 4.85. The van der Waals surface area contributed by atoms with Crippen LogP contribution in [0.15, 0.2) is 34.7 Å². The molecule has 0 unspecified atom stereocenters. The molecule has 0 atom stereocenters. The van der Waals surface area contributed by atoms with Crippen LogP contribution in [-0.2, 0) is 6.54 Å². The largest absolute Gasteiger partial charge is 0.491 e. The van der Waals surface area contributed by atoms with Crippen LogP contribution in [0.2, 0.25) is 5.02 Å². The summed E-state index contributed by atoms with van der Waals surface area (Å²) in [6.45, 7) is 2.98. The highest BCUT2D eigenvalue weighted by Crippen LogP contribution is 2.28. The van der Waals surface area contributed by atoms with Gasteiger partial charge in [-0.2, -0.15) is 0 Å². The number of nitrogens with one attached hydrogen (secondary N) is 1. The van der Waals surface area contributed by atoms with E-state index in [1.165, 1.54) is 6.07 Å². The fourth-order valence-electron chi connectivity index (χ4n) is 1.75. The van der Waals surface area contributed by atoms with Gasteiger partial charge in [0.25, 0.3) is 0 Å². The Morgan fingerprint density at radius 3 is 2.86 bits per heavy atom. The number of aromatic carboxylic acids is 1. The lowest BCUT2D eigenvalue weighted by atomic mass is 10.3. The van der Waals surface area contributed by atoms with Crippen LogP contribution in [-0.4, -0.2) is 17.7 Å². The van der Waals surface area contributed by atoms with Gasteiger partial charge in [0.2, 0.25) is 5.76 Å². The van der Waals surface area contributed by atoms with E-state index in [-0.39, 0.29) is 5.76 Å². The van der Waals surface area contributed by atoms with Crippen LogP contribution in [0, 0.1) is 0 Å². The van der Waals surface area contributed by atoms with Crippen molar-refractivity contribution in [3.8, 4) is 5.75 Å². The molecule has 6 heteroatoms. The minimum absolute atomic E-state index is 0.0830. The third kappa shape index (κ3) is 4.16. The monoisotopic (exact) mass is 309 g/mol. The van der Waals surface area contributed by atoms with Gasteiger partial charge in [-0.05, 0) is 36.8 Å². The Morgan fingerprint density at radius 1 is 1.38 bits per heavy atom. The Labute approximate surface area is 127 Å². The fourth-order valence-corrected chi connectivity index (χ4v) is 1.92. The minimum Gasteiger partial charge on any atom is -0.491 e. The topological polar surface area (TPSA) is 71.7 Å². The van der Waals surface area contributed by atoms with Gasteiger partial charge in [0.15, 0.2) is 0 Å². The Morgan fingerprint density at radius 2 is 2.19 bits per heavy atom. The highest BCUT2D eigenvalue weighted by Gasteiger charge is 2.10. The molecule has 1 aromatic heterocycles. The molecule has 1 heterocycles. The molecule has 0 saturated heterocycles. The number of ether oxygens (including phenoxy) is 1. The van der Waals surface area contributed by atoms with Crippen LogP contribution < -0.4 is 10.1 Å². The molecule has 0 spiro atoms. The Bertz CT molecular complexity index is 624. The first kappa shape index (κ1) is 15.3. The fraction of sp³-hybridized carbons (Fsp3) is 0.267. The van der Waals surface area contributed by atoms with Gasteiger partial charge in [-0.1, -0.05) is 18.5 Å². The first-order valence-electron chi connectivity index (χ1n) is 6.58. The number of furan rings is 1. The van der Waals surface area contributed by atoms with E-state index in [2.05, 4.69) is 5.32 Å². The quantitative estimate of drug-likeness (QED) is 0.808. The third-order valence-electron chi connectivity index (χ3n) is 2.73. The highest BCUT2D eigenvalue weighted by molar-refractivity contribution is 6.30. The number of hydrogen-bond acceptors (Lipinski definition) is 4. The van der Waals surface area contributed by atoms with Gasteiger partial charge in [-0.3, -0.25) is 0 Å². The molecule has 5 nitrogen and oxygen atoms in total. The molecule has 0 aliphatic carbocycles. The highest BCUT2D eigenvalue weighted by atomic mass is 35.5. The minimum atomic E-state index is -1.09. The molecule has 0 aliphatic heterocycles. The number of hydrogen-bond donors (Lipinski definition) is 2. The second-order valence-electron chi connectivity index (χ2n) is 4.41. The SMILES string of the molecule is CCCOc1ccc(Cl)cc1NCc1ccc(C(=O)O)o1. The first-order valence-corrected chi connectivity index (χ1v) is 6.96. The molecule has 2 aromatic rings. The number of carboxylic acid groups (broad SMARTS) is 1. The van der Waals surface area contributed by atoms with E-state index in [1.807, 2.05) is 6.92 Å². The maximum absolute atomic E-state index is 10.8. The molecule has 2 rings (SSSR count). The number of carbonyl (C=O) groups is 1. The van der Waals surface area contributed by atoms with Crippen LogP contribution in [0.3, 0.4) is 0 Å². The van der Waals surface area contributed by atoms with Crippen molar-refractivity contribution in [3.05, 3.63) is 46.9 Å². The number of benzene rings is 1. The van der Waals surface area contributed by atoms with Crippen molar-refractivity contribution in [2.45, 2.75) is 19.9 Å². The van der Waals surface area contributed by atoms with Gasteiger partial charge >= 0.3 is 5.97 Å². The number of halogens is 1. The molecule has 0 amide bonds. The molecular weight excluding hydrogens is 294 g/mol. The molecule has 0 saturated carbocycles. The second kappa shape index (κ2) is 7.04. The summed E-state index contributed by atoms with van der Waals surface area (Å²) in [4.78, 5) is 10.8. The summed E-state index contributed by atoms with van der Waals surface area (Å²) in [7, 11) is 0. The lowest BCUT2D eigenvalue weighted by Gasteiger charge is -2.12. The van der Waals surface area contributed by atoms with Crippen molar-refractivity contribution in [3.63, 3.8) is 0 Å². The van der Waals surface area contributed by atoms with Crippen LogP contribution >= 0.6 is 11.6 Å². The summed E-state index contributed by atoms with van der Waals surface area (Å²) in [6, 6.07) is 8.35. The van der Waals surface area contributed by atoms with Crippen LogP contribution in [0.1, 0.15) is 29.7 Å². The van der Waals surface area contributed by atoms with Crippen molar-refractivity contribution in [2.75, 3.05) is 11.9 Å². The van der Waals surface area contributed by atoms with Gasteiger partial charge in [0, 0.05) is 5.02 Å². The molecule has 0 bridgehead atoms. The van der Waals surface area contributed by atoms with E-state index in [0.717, 1.165) is 12.1 Å². The van der Waals surface area contributed by atoms with Gasteiger partial charge < -0.3 is 19.6 Å². The van der Waals surface area contributed by atoms with E-state index < -0.39 is 5.97 Å². The van der Waals surface area contributed by atoms with Gasteiger partial charge in [-0.15, -0.1) is 0 Å². The summed E-state index contributed by atoms with van der Waals surface area (Å²) in [5, 5.41) is 12.5. The van der Waals surface area contributed by atoms with Gasteiger partial charge in [0.1, 0.15) is 11.5 Å². The van der Waals surface area contributed by atoms with Crippen LogP contribution in [0.4, 0.5) is 5.69 Å². The van der Waals surface area contributed by atoms with Gasteiger partial charge in [-0.25, -0.2) is 4.79 Å². The third-order valence-corrected chi connectivity index (χ3v) is 2.96. The number of carboxylic acids is 1. The van der Waals surface area contributed by atoms with E-state index in [4.69, 9.17) is 25.9 Å². The zero-order valence-electron chi connectivity index (χ0n) is 11.6. The molecule has 0 fully saturated rings. The molecular formula is C15H16ClNO4.